The molecular formula is C22H24N4O4. The van der Waals surface area contributed by atoms with Crippen molar-refractivity contribution in [1.82, 2.24) is 20.9 Å². The molecule has 0 spiro atoms. The normalized spacial score (nSPS) is 36.6. The maximum atomic E-state index is 13.0. The van der Waals surface area contributed by atoms with Gasteiger partial charge in [0.15, 0.2) is 0 Å². The zero-order valence-electron chi connectivity index (χ0n) is 16.5. The van der Waals surface area contributed by atoms with Gasteiger partial charge in [0.2, 0.25) is 11.8 Å². The van der Waals surface area contributed by atoms with Gasteiger partial charge in [-0.05, 0) is 61.3 Å². The Bertz CT molecular complexity index is 989. The summed E-state index contributed by atoms with van der Waals surface area (Å²) in [6, 6.07) is 5.42. The molecule has 2 aliphatic carbocycles. The second-order valence-electron chi connectivity index (χ2n) is 9.32. The van der Waals surface area contributed by atoms with Crippen molar-refractivity contribution in [3.8, 4) is 0 Å². The number of imide groups is 2. The highest BCUT2D eigenvalue weighted by Gasteiger charge is 2.55. The van der Waals surface area contributed by atoms with Crippen LogP contribution in [0.2, 0.25) is 0 Å². The molecule has 156 valence electrons. The summed E-state index contributed by atoms with van der Waals surface area (Å²) in [5.74, 6) is 0.505. The van der Waals surface area contributed by atoms with E-state index in [0.29, 0.717) is 29.8 Å². The molecule has 2 saturated carbocycles. The first-order valence-electron chi connectivity index (χ1n) is 10.8. The Labute approximate surface area is 173 Å². The highest BCUT2D eigenvalue weighted by molar-refractivity contribution is 6.23. The second kappa shape index (κ2) is 6.46. The summed E-state index contributed by atoms with van der Waals surface area (Å²) < 4.78 is 0. The van der Waals surface area contributed by atoms with Crippen LogP contribution in [0.15, 0.2) is 18.2 Å². The third-order valence-electron chi connectivity index (χ3n) is 7.80. The van der Waals surface area contributed by atoms with Crippen LogP contribution in [0.1, 0.15) is 52.0 Å². The van der Waals surface area contributed by atoms with Crippen LogP contribution in [0.3, 0.4) is 0 Å². The number of piperidine rings is 1. The van der Waals surface area contributed by atoms with E-state index in [-0.39, 0.29) is 18.7 Å². The largest absolute Gasteiger partial charge is 0.312 e. The molecule has 3 N–H and O–H groups in total. The van der Waals surface area contributed by atoms with Crippen molar-refractivity contribution in [2.75, 3.05) is 6.54 Å². The molecule has 5 aliphatic rings. The Morgan fingerprint density at radius 1 is 1.03 bits per heavy atom. The molecule has 30 heavy (non-hydrogen) atoms. The molecule has 2 saturated heterocycles. The maximum Gasteiger partial charge on any atom is 0.262 e. The summed E-state index contributed by atoms with van der Waals surface area (Å²) in [6.45, 7) is 1.78. The molecule has 0 radical (unpaired) electrons. The summed E-state index contributed by atoms with van der Waals surface area (Å²) in [5.41, 5.74) is 1.63. The first-order chi connectivity index (χ1) is 14.5. The number of carbonyl (C=O) groups excluding carboxylic acids is 4. The fourth-order valence-corrected chi connectivity index (χ4v) is 6.45. The smallest absolute Gasteiger partial charge is 0.262 e. The topological polar surface area (TPSA) is 108 Å². The summed E-state index contributed by atoms with van der Waals surface area (Å²) in [6.07, 6.45) is 2.89. The summed E-state index contributed by atoms with van der Waals surface area (Å²) in [5, 5.41) is 9.58. The van der Waals surface area contributed by atoms with Gasteiger partial charge in [-0.3, -0.25) is 29.4 Å². The third-order valence-corrected chi connectivity index (χ3v) is 7.80. The Morgan fingerprint density at radius 2 is 1.87 bits per heavy atom. The zero-order chi connectivity index (χ0) is 20.6. The quantitative estimate of drug-likeness (QED) is 0.614. The van der Waals surface area contributed by atoms with Crippen molar-refractivity contribution < 1.29 is 19.2 Å². The van der Waals surface area contributed by atoms with E-state index in [4.69, 9.17) is 0 Å². The number of hydrogen-bond donors (Lipinski definition) is 3. The van der Waals surface area contributed by atoms with Crippen LogP contribution in [0.4, 0.5) is 0 Å². The minimum atomic E-state index is -0.924. The molecule has 4 amide bonds. The van der Waals surface area contributed by atoms with Gasteiger partial charge in [-0.2, -0.15) is 0 Å². The van der Waals surface area contributed by atoms with Crippen LogP contribution in [-0.2, 0) is 16.1 Å². The SMILES string of the molecule is O=C1CCC(N2C(=O)c3ccc(CNC4C5CC6CNC4C6C5)cc3C2=O)C(=O)N1. The predicted molar refractivity (Wildman–Crippen MR) is 105 cm³/mol. The molecular weight excluding hydrogens is 384 g/mol. The lowest BCUT2D eigenvalue weighted by Gasteiger charge is -2.28. The molecule has 8 heteroatoms. The lowest BCUT2D eigenvalue weighted by molar-refractivity contribution is -0.136. The third kappa shape index (κ3) is 2.53. The van der Waals surface area contributed by atoms with Crippen molar-refractivity contribution in [3.63, 3.8) is 0 Å². The number of amides is 4. The zero-order valence-corrected chi connectivity index (χ0v) is 16.5. The monoisotopic (exact) mass is 408 g/mol. The highest BCUT2D eigenvalue weighted by atomic mass is 16.2. The molecule has 1 aromatic carbocycles. The van der Waals surface area contributed by atoms with Crippen LogP contribution in [-0.4, -0.2) is 53.2 Å². The maximum absolute atomic E-state index is 13.0. The number of hydrogen-bond acceptors (Lipinski definition) is 6. The van der Waals surface area contributed by atoms with E-state index in [2.05, 4.69) is 16.0 Å². The van der Waals surface area contributed by atoms with E-state index < -0.39 is 23.8 Å². The van der Waals surface area contributed by atoms with Gasteiger partial charge in [0.25, 0.3) is 11.8 Å². The van der Waals surface area contributed by atoms with Gasteiger partial charge in [0.1, 0.15) is 6.04 Å². The van der Waals surface area contributed by atoms with Crippen molar-refractivity contribution in [2.24, 2.45) is 17.8 Å². The molecule has 3 heterocycles. The van der Waals surface area contributed by atoms with Crippen molar-refractivity contribution in [1.29, 1.82) is 0 Å². The van der Waals surface area contributed by atoms with Gasteiger partial charge in [-0.25, -0.2) is 0 Å². The van der Waals surface area contributed by atoms with E-state index >= 15 is 0 Å². The van der Waals surface area contributed by atoms with Crippen LogP contribution in [0.25, 0.3) is 0 Å². The van der Waals surface area contributed by atoms with Gasteiger partial charge in [-0.15, -0.1) is 0 Å². The number of rotatable bonds is 4. The van der Waals surface area contributed by atoms with Crippen LogP contribution in [0, 0.1) is 17.8 Å². The van der Waals surface area contributed by atoms with Crippen molar-refractivity contribution >= 4 is 23.6 Å². The Kier molecular flexibility index (Phi) is 3.92. The van der Waals surface area contributed by atoms with Gasteiger partial charge < -0.3 is 10.6 Å². The summed E-state index contributed by atoms with van der Waals surface area (Å²) in [7, 11) is 0. The summed E-state index contributed by atoms with van der Waals surface area (Å²) >= 11 is 0. The first kappa shape index (κ1) is 18.2. The Morgan fingerprint density at radius 3 is 2.70 bits per heavy atom. The average molecular weight is 408 g/mol. The fraction of sp³-hybridized carbons (Fsp3) is 0.545. The van der Waals surface area contributed by atoms with E-state index in [1.807, 2.05) is 6.07 Å². The number of fused-ring (bicyclic) bond motifs is 2. The predicted octanol–water partition coefficient (Wildman–Crippen LogP) is 0.174. The van der Waals surface area contributed by atoms with Gasteiger partial charge >= 0.3 is 0 Å². The van der Waals surface area contributed by atoms with Gasteiger partial charge in [0, 0.05) is 25.0 Å². The molecule has 4 fully saturated rings. The molecule has 0 aromatic heterocycles. The Hall–Kier alpha value is -2.58. The van der Waals surface area contributed by atoms with Crippen LogP contribution >= 0.6 is 0 Å². The Balaban J connectivity index is 1.19. The molecule has 8 nitrogen and oxygen atoms in total. The molecule has 1 aromatic rings. The van der Waals surface area contributed by atoms with Crippen molar-refractivity contribution in [2.45, 2.75) is 50.4 Å². The second-order valence-corrected chi connectivity index (χ2v) is 9.32. The number of nitrogens with zero attached hydrogens (tertiary/aromatic N) is 1. The molecule has 6 rings (SSSR count). The van der Waals surface area contributed by atoms with Crippen LogP contribution < -0.4 is 16.0 Å². The van der Waals surface area contributed by atoms with E-state index in [9.17, 15) is 19.2 Å². The fourth-order valence-electron chi connectivity index (χ4n) is 6.45. The van der Waals surface area contributed by atoms with Crippen molar-refractivity contribution in [3.05, 3.63) is 34.9 Å². The molecule has 6 atom stereocenters. The molecule has 3 aliphatic heterocycles. The first-order valence-corrected chi connectivity index (χ1v) is 10.8. The van der Waals surface area contributed by atoms with Gasteiger partial charge in [-0.1, -0.05) is 6.07 Å². The summed E-state index contributed by atoms with van der Waals surface area (Å²) in [4.78, 5) is 50.4. The van der Waals surface area contributed by atoms with E-state index in [0.717, 1.165) is 34.8 Å². The molecule has 2 bridgehead atoms. The number of benzene rings is 1. The van der Waals surface area contributed by atoms with Crippen LogP contribution in [0.5, 0.6) is 0 Å². The van der Waals surface area contributed by atoms with E-state index in [1.54, 1.807) is 12.1 Å². The highest BCUT2D eigenvalue weighted by Crippen LogP contribution is 2.51. The number of carbonyl (C=O) groups is 4. The minimum Gasteiger partial charge on any atom is -0.312 e. The van der Waals surface area contributed by atoms with E-state index in [1.165, 1.54) is 12.8 Å². The number of nitrogens with one attached hydrogen (secondary N) is 3. The minimum absolute atomic E-state index is 0.124. The lowest BCUT2D eigenvalue weighted by atomic mass is 9.86. The standard InChI is InChI=1S/C22H24N4O4/c27-17-4-3-16(20(28)25-17)26-21(29)13-2-1-10(5-15(13)22(26)30)8-23-18-11-6-12-9-24-19(18)14(12)7-11/h1-2,5,11-12,14,16,18-19,23-24H,3-4,6-9H2,(H,25,27,28). The lowest BCUT2D eigenvalue weighted by Crippen LogP contribution is -2.54. The molecule has 6 unspecified atom stereocenters. The average Bonchev–Trinajstić information content (AvgIpc) is 3.41. The van der Waals surface area contributed by atoms with Gasteiger partial charge in [0.05, 0.1) is 11.1 Å².